The van der Waals surface area contributed by atoms with Crippen molar-refractivity contribution in [2.45, 2.75) is 19.9 Å². The number of benzene rings is 1. The summed E-state index contributed by atoms with van der Waals surface area (Å²) >= 11 is 0. The molecular formula is C18H24N2O3. The Labute approximate surface area is 136 Å². The van der Waals surface area contributed by atoms with Crippen molar-refractivity contribution in [3.05, 3.63) is 35.4 Å². The number of rotatable bonds is 5. The fourth-order valence-corrected chi connectivity index (χ4v) is 3.84. The van der Waals surface area contributed by atoms with E-state index in [1.165, 1.54) is 0 Å². The number of ketones is 1. The van der Waals surface area contributed by atoms with Gasteiger partial charge < -0.3 is 10.0 Å². The van der Waals surface area contributed by atoms with Gasteiger partial charge in [-0.3, -0.25) is 9.69 Å². The van der Waals surface area contributed by atoms with Gasteiger partial charge in [0.1, 0.15) is 5.78 Å². The number of piperidine rings is 2. The van der Waals surface area contributed by atoms with Crippen LogP contribution in [-0.2, 0) is 11.3 Å². The number of hydrogen-bond donors (Lipinski definition) is 1. The predicted octanol–water partition coefficient (Wildman–Crippen LogP) is 1.73. The van der Waals surface area contributed by atoms with Crippen LogP contribution in [0.25, 0.3) is 0 Å². The van der Waals surface area contributed by atoms with E-state index in [0.717, 1.165) is 51.3 Å². The van der Waals surface area contributed by atoms with Crippen molar-refractivity contribution in [3.63, 3.8) is 0 Å². The van der Waals surface area contributed by atoms with Crippen molar-refractivity contribution in [1.82, 2.24) is 9.80 Å². The molecule has 2 fully saturated rings. The van der Waals surface area contributed by atoms with Gasteiger partial charge in [-0.25, -0.2) is 4.79 Å². The first kappa shape index (κ1) is 16.1. The summed E-state index contributed by atoms with van der Waals surface area (Å²) in [5, 5.41) is 8.95. The lowest BCUT2D eigenvalue weighted by molar-refractivity contribution is -0.137. The lowest BCUT2D eigenvalue weighted by Gasteiger charge is -2.44. The summed E-state index contributed by atoms with van der Waals surface area (Å²) in [6, 6.07) is 7.05. The van der Waals surface area contributed by atoms with E-state index in [2.05, 4.69) is 16.7 Å². The van der Waals surface area contributed by atoms with E-state index in [9.17, 15) is 9.59 Å². The normalized spacial score (nSPS) is 25.5. The van der Waals surface area contributed by atoms with Crippen LogP contribution in [0.4, 0.5) is 0 Å². The van der Waals surface area contributed by atoms with Crippen LogP contribution in [0.1, 0.15) is 29.3 Å². The van der Waals surface area contributed by atoms with Gasteiger partial charge in [0.25, 0.3) is 0 Å². The molecule has 1 aromatic carbocycles. The SMILES string of the molecule is CCCN1CC2CN(Cc3ccc(C(=O)O)cc3)CC(C1)C2=O. The maximum Gasteiger partial charge on any atom is 0.335 e. The highest BCUT2D eigenvalue weighted by Crippen LogP contribution is 2.26. The minimum atomic E-state index is -0.898. The third-order valence-electron chi connectivity index (χ3n) is 4.87. The lowest BCUT2D eigenvalue weighted by atomic mass is 9.83. The number of aromatic carboxylic acids is 1. The molecule has 2 unspecified atom stereocenters. The highest BCUT2D eigenvalue weighted by atomic mass is 16.4. The van der Waals surface area contributed by atoms with Gasteiger partial charge in [-0.1, -0.05) is 19.1 Å². The van der Waals surface area contributed by atoms with Gasteiger partial charge >= 0.3 is 5.97 Å². The van der Waals surface area contributed by atoms with Gasteiger partial charge in [-0.2, -0.15) is 0 Å². The first-order valence-electron chi connectivity index (χ1n) is 8.37. The lowest BCUT2D eigenvalue weighted by Crippen LogP contribution is -2.57. The molecule has 0 spiro atoms. The highest BCUT2D eigenvalue weighted by Gasteiger charge is 2.40. The van der Waals surface area contributed by atoms with E-state index in [-0.39, 0.29) is 11.8 Å². The number of likely N-dealkylation sites (tertiary alicyclic amines) is 2. The number of carbonyl (C=O) groups is 2. The molecule has 0 aliphatic carbocycles. The zero-order valence-electron chi connectivity index (χ0n) is 13.6. The Hall–Kier alpha value is -1.72. The fraction of sp³-hybridized carbons (Fsp3) is 0.556. The number of carbonyl (C=O) groups excluding carboxylic acids is 1. The number of hydrogen-bond acceptors (Lipinski definition) is 4. The van der Waals surface area contributed by atoms with Gasteiger partial charge in [0.2, 0.25) is 0 Å². The molecule has 1 N–H and O–H groups in total. The van der Waals surface area contributed by atoms with Gasteiger partial charge in [0.15, 0.2) is 0 Å². The molecule has 23 heavy (non-hydrogen) atoms. The van der Waals surface area contributed by atoms with E-state index < -0.39 is 5.97 Å². The summed E-state index contributed by atoms with van der Waals surface area (Å²) in [7, 11) is 0. The average Bonchev–Trinajstić information content (AvgIpc) is 2.50. The van der Waals surface area contributed by atoms with Crippen LogP contribution >= 0.6 is 0 Å². The Morgan fingerprint density at radius 3 is 2.17 bits per heavy atom. The number of carboxylic acid groups (broad SMARTS) is 1. The quantitative estimate of drug-likeness (QED) is 0.896. The summed E-state index contributed by atoms with van der Waals surface area (Å²) < 4.78 is 0. The minimum Gasteiger partial charge on any atom is -0.478 e. The van der Waals surface area contributed by atoms with E-state index in [1.807, 2.05) is 12.1 Å². The second kappa shape index (κ2) is 6.81. The molecule has 2 aliphatic heterocycles. The van der Waals surface area contributed by atoms with Crippen molar-refractivity contribution in [2.75, 3.05) is 32.7 Å². The molecule has 0 aromatic heterocycles. The molecule has 3 rings (SSSR count). The molecule has 0 amide bonds. The number of nitrogens with zero attached hydrogens (tertiary/aromatic N) is 2. The molecule has 5 heteroatoms. The maximum absolute atomic E-state index is 12.4. The number of fused-ring (bicyclic) bond motifs is 2. The molecule has 2 aliphatic rings. The standard InChI is InChI=1S/C18H24N2O3/c1-2-7-19-9-15-11-20(12-16(10-19)17(15)21)8-13-3-5-14(6-4-13)18(22)23/h3-6,15-16H,2,7-12H2,1H3,(H,22,23). The smallest absolute Gasteiger partial charge is 0.335 e. The van der Waals surface area contributed by atoms with E-state index in [0.29, 0.717) is 11.3 Å². The van der Waals surface area contributed by atoms with Crippen molar-refractivity contribution < 1.29 is 14.7 Å². The molecule has 124 valence electrons. The molecule has 0 radical (unpaired) electrons. The van der Waals surface area contributed by atoms with Gasteiger partial charge in [-0.15, -0.1) is 0 Å². The average molecular weight is 316 g/mol. The fourth-order valence-electron chi connectivity index (χ4n) is 3.84. The van der Waals surface area contributed by atoms with Gasteiger partial charge in [0, 0.05) is 44.6 Å². The summed E-state index contributed by atoms with van der Waals surface area (Å²) in [5.41, 5.74) is 1.42. The Balaban J connectivity index is 1.63. The highest BCUT2D eigenvalue weighted by molar-refractivity contribution is 5.87. The topological polar surface area (TPSA) is 60.9 Å². The molecule has 0 saturated carbocycles. The van der Waals surface area contributed by atoms with Crippen LogP contribution in [0.15, 0.2) is 24.3 Å². The molecule has 2 heterocycles. The Morgan fingerprint density at radius 2 is 1.65 bits per heavy atom. The van der Waals surface area contributed by atoms with Crippen LogP contribution in [-0.4, -0.2) is 59.4 Å². The van der Waals surface area contributed by atoms with Crippen molar-refractivity contribution in [1.29, 1.82) is 0 Å². The summed E-state index contributed by atoms with van der Waals surface area (Å²) in [6.45, 7) is 7.45. The Kier molecular flexibility index (Phi) is 4.78. The second-order valence-corrected chi connectivity index (χ2v) is 6.75. The molecule has 2 bridgehead atoms. The Morgan fingerprint density at radius 1 is 1.09 bits per heavy atom. The molecule has 2 saturated heterocycles. The van der Waals surface area contributed by atoms with Gasteiger partial charge in [-0.05, 0) is 30.7 Å². The zero-order chi connectivity index (χ0) is 16.4. The van der Waals surface area contributed by atoms with E-state index in [4.69, 9.17) is 5.11 Å². The van der Waals surface area contributed by atoms with E-state index in [1.54, 1.807) is 12.1 Å². The van der Waals surface area contributed by atoms with Gasteiger partial charge in [0.05, 0.1) is 5.56 Å². The van der Waals surface area contributed by atoms with Crippen molar-refractivity contribution in [2.24, 2.45) is 11.8 Å². The minimum absolute atomic E-state index is 0.132. The van der Waals surface area contributed by atoms with Crippen LogP contribution in [0.2, 0.25) is 0 Å². The first-order chi connectivity index (χ1) is 11.1. The van der Waals surface area contributed by atoms with E-state index >= 15 is 0 Å². The summed E-state index contributed by atoms with van der Waals surface area (Å²) in [5.74, 6) is -0.194. The first-order valence-corrected chi connectivity index (χ1v) is 8.37. The summed E-state index contributed by atoms with van der Waals surface area (Å²) in [4.78, 5) is 28.0. The number of Topliss-reactive ketones (excluding diaryl/α,β-unsaturated/α-hetero) is 1. The molecule has 2 atom stereocenters. The second-order valence-electron chi connectivity index (χ2n) is 6.75. The maximum atomic E-state index is 12.4. The van der Waals surface area contributed by atoms with Crippen molar-refractivity contribution >= 4 is 11.8 Å². The monoisotopic (exact) mass is 316 g/mol. The molecule has 5 nitrogen and oxygen atoms in total. The van der Waals surface area contributed by atoms with Crippen LogP contribution in [0.3, 0.4) is 0 Å². The van der Waals surface area contributed by atoms with Crippen LogP contribution < -0.4 is 0 Å². The third-order valence-corrected chi connectivity index (χ3v) is 4.87. The largest absolute Gasteiger partial charge is 0.478 e. The van der Waals surface area contributed by atoms with Crippen molar-refractivity contribution in [3.8, 4) is 0 Å². The third kappa shape index (κ3) is 3.62. The van der Waals surface area contributed by atoms with Crippen LogP contribution in [0, 0.1) is 11.8 Å². The molecule has 1 aromatic rings. The molecular weight excluding hydrogens is 292 g/mol. The number of carboxylic acids is 1. The Bertz CT molecular complexity index is 566. The predicted molar refractivity (Wildman–Crippen MR) is 87.4 cm³/mol. The summed E-state index contributed by atoms with van der Waals surface area (Å²) in [6.07, 6.45) is 1.13. The van der Waals surface area contributed by atoms with Crippen LogP contribution in [0.5, 0.6) is 0 Å². The zero-order valence-corrected chi connectivity index (χ0v) is 13.6.